The van der Waals surface area contributed by atoms with E-state index in [1.807, 2.05) is 26.0 Å². The first-order valence-corrected chi connectivity index (χ1v) is 9.88. The number of aromatic nitrogens is 1. The summed E-state index contributed by atoms with van der Waals surface area (Å²) < 4.78 is 13.2. The number of nitrogens with zero attached hydrogens (tertiary/aromatic N) is 1. The van der Waals surface area contributed by atoms with E-state index in [0.29, 0.717) is 41.0 Å². The van der Waals surface area contributed by atoms with Gasteiger partial charge in [-0.15, -0.1) is 11.3 Å². The molecule has 3 aromatic rings. The molecule has 0 fully saturated rings. The van der Waals surface area contributed by atoms with Crippen molar-refractivity contribution in [2.24, 2.45) is 0 Å². The smallest absolute Gasteiger partial charge is 0.257 e. The fourth-order valence-electron chi connectivity index (χ4n) is 3.18. The van der Waals surface area contributed by atoms with Gasteiger partial charge in [-0.3, -0.25) is 4.79 Å². The molecule has 1 aromatic carbocycles. The van der Waals surface area contributed by atoms with Gasteiger partial charge in [-0.1, -0.05) is 17.7 Å². The molecule has 0 saturated heterocycles. The maximum Gasteiger partial charge on any atom is 0.257 e. The van der Waals surface area contributed by atoms with E-state index in [0.717, 1.165) is 17.9 Å². The number of thiophene rings is 1. The highest BCUT2D eigenvalue weighted by Crippen LogP contribution is 2.38. The third kappa shape index (κ3) is 3.55. The van der Waals surface area contributed by atoms with Crippen molar-refractivity contribution in [1.82, 2.24) is 4.57 Å². The summed E-state index contributed by atoms with van der Waals surface area (Å²) in [5.41, 5.74) is 3.11. The molecular weight excluding hydrogens is 384 g/mol. The summed E-state index contributed by atoms with van der Waals surface area (Å²) >= 11 is 8.02. The van der Waals surface area contributed by atoms with Gasteiger partial charge in [0.1, 0.15) is 13.2 Å². The molecule has 1 amide bonds. The molecule has 1 aliphatic rings. The highest BCUT2D eigenvalue weighted by Gasteiger charge is 2.20. The Balaban J connectivity index is 1.59. The van der Waals surface area contributed by atoms with Crippen LogP contribution in [0.5, 0.6) is 11.5 Å². The molecule has 0 radical (unpaired) electrons. The summed E-state index contributed by atoms with van der Waals surface area (Å²) in [5.74, 6) is 0.988. The molecule has 27 heavy (non-hydrogen) atoms. The quantitative estimate of drug-likeness (QED) is 0.675. The van der Waals surface area contributed by atoms with Crippen LogP contribution in [0.4, 0.5) is 5.69 Å². The molecule has 1 aliphatic heterocycles. The molecule has 7 heteroatoms. The van der Waals surface area contributed by atoms with Crippen LogP contribution in [-0.4, -0.2) is 23.7 Å². The van der Waals surface area contributed by atoms with Crippen molar-refractivity contribution in [1.29, 1.82) is 0 Å². The van der Waals surface area contributed by atoms with Crippen LogP contribution in [0, 0.1) is 13.8 Å². The van der Waals surface area contributed by atoms with Gasteiger partial charge >= 0.3 is 0 Å². The summed E-state index contributed by atoms with van der Waals surface area (Å²) in [6, 6.07) is 9.42. The van der Waals surface area contributed by atoms with Gasteiger partial charge in [0.2, 0.25) is 0 Å². The normalized spacial score (nSPS) is 12.9. The fraction of sp³-hybridized carbons (Fsp3) is 0.250. The standard InChI is InChI=1S/C20H19ClN2O3S/c1-12-8-15(13(2)23(12)11-14-4-3-7-27-14)20(24)22-17-10-19-18(9-16(17)21)25-5-6-26-19/h3-4,7-10H,5-6,11H2,1-2H3,(H,22,24). The number of hydrogen-bond acceptors (Lipinski definition) is 4. The van der Waals surface area contributed by atoms with Crippen LogP contribution in [0.3, 0.4) is 0 Å². The number of amides is 1. The summed E-state index contributed by atoms with van der Waals surface area (Å²) in [6.07, 6.45) is 0. The van der Waals surface area contributed by atoms with Crippen LogP contribution in [0.15, 0.2) is 35.7 Å². The largest absolute Gasteiger partial charge is 0.486 e. The van der Waals surface area contributed by atoms with Crippen molar-refractivity contribution in [2.75, 3.05) is 18.5 Å². The number of nitrogens with one attached hydrogen (secondary N) is 1. The number of carbonyl (C=O) groups excluding carboxylic acids is 1. The molecule has 0 unspecified atom stereocenters. The molecule has 140 valence electrons. The second-order valence-electron chi connectivity index (χ2n) is 6.38. The average molecular weight is 403 g/mol. The number of carbonyl (C=O) groups is 1. The van der Waals surface area contributed by atoms with E-state index in [1.54, 1.807) is 23.5 Å². The fourth-order valence-corrected chi connectivity index (χ4v) is 4.08. The zero-order valence-corrected chi connectivity index (χ0v) is 16.6. The minimum atomic E-state index is -0.195. The van der Waals surface area contributed by atoms with E-state index in [9.17, 15) is 4.79 Å². The van der Waals surface area contributed by atoms with Crippen LogP contribution in [0.25, 0.3) is 0 Å². The zero-order chi connectivity index (χ0) is 19.0. The molecule has 1 N–H and O–H groups in total. The number of anilines is 1. The Bertz CT molecular complexity index is 995. The van der Waals surface area contributed by atoms with Crippen LogP contribution < -0.4 is 14.8 Å². The summed E-state index contributed by atoms with van der Waals surface area (Å²) in [4.78, 5) is 14.1. The van der Waals surface area contributed by atoms with Crippen molar-refractivity contribution in [3.8, 4) is 11.5 Å². The van der Waals surface area contributed by atoms with Crippen LogP contribution in [0.2, 0.25) is 5.02 Å². The van der Waals surface area contributed by atoms with Crippen molar-refractivity contribution >= 4 is 34.5 Å². The number of fused-ring (bicyclic) bond motifs is 1. The van der Waals surface area contributed by atoms with E-state index in [-0.39, 0.29) is 5.91 Å². The van der Waals surface area contributed by atoms with Gasteiger partial charge in [-0.25, -0.2) is 0 Å². The Morgan fingerprint density at radius 3 is 2.67 bits per heavy atom. The topological polar surface area (TPSA) is 52.5 Å². The number of benzene rings is 1. The SMILES string of the molecule is Cc1cc(C(=O)Nc2cc3c(cc2Cl)OCCO3)c(C)n1Cc1cccs1. The third-order valence-corrected chi connectivity index (χ3v) is 5.77. The van der Waals surface area contributed by atoms with Crippen LogP contribution >= 0.6 is 22.9 Å². The number of aryl methyl sites for hydroxylation is 1. The van der Waals surface area contributed by atoms with Crippen molar-refractivity contribution in [2.45, 2.75) is 20.4 Å². The highest BCUT2D eigenvalue weighted by molar-refractivity contribution is 7.09. The van der Waals surface area contributed by atoms with Gasteiger partial charge in [0.15, 0.2) is 11.5 Å². The Hall–Kier alpha value is -2.44. The number of hydrogen-bond donors (Lipinski definition) is 1. The van der Waals surface area contributed by atoms with E-state index < -0.39 is 0 Å². The van der Waals surface area contributed by atoms with E-state index >= 15 is 0 Å². The van der Waals surface area contributed by atoms with Crippen LogP contribution in [-0.2, 0) is 6.54 Å². The Labute approximate surface area is 166 Å². The average Bonchev–Trinajstić information content (AvgIpc) is 3.26. The molecule has 4 rings (SSSR count). The lowest BCUT2D eigenvalue weighted by molar-refractivity contribution is 0.102. The van der Waals surface area contributed by atoms with Gasteiger partial charge in [0, 0.05) is 28.4 Å². The first-order valence-electron chi connectivity index (χ1n) is 8.62. The van der Waals surface area contributed by atoms with Gasteiger partial charge in [0.05, 0.1) is 22.8 Å². The molecule has 5 nitrogen and oxygen atoms in total. The van der Waals surface area contributed by atoms with E-state index in [2.05, 4.69) is 21.3 Å². The maximum absolute atomic E-state index is 12.9. The summed E-state index contributed by atoms with van der Waals surface area (Å²) in [6.45, 7) is 5.69. The second kappa shape index (κ2) is 7.29. The van der Waals surface area contributed by atoms with Gasteiger partial charge in [-0.2, -0.15) is 0 Å². The lowest BCUT2D eigenvalue weighted by Crippen LogP contribution is -2.17. The number of rotatable bonds is 4. The number of halogens is 1. The minimum absolute atomic E-state index is 0.195. The Morgan fingerprint density at radius 1 is 1.22 bits per heavy atom. The molecular formula is C20H19ClN2O3S. The van der Waals surface area contributed by atoms with Gasteiger partial charge in [0.25, 0.3) is 5.91 Å². The van der Waals surface area contributed by atoms with Crippen molar-refractivity contribution < 1.29 is 14.3 Å². The zero-order valence-electron chi connectivity index (χ0n) is 15.0. The first kappa shape index (κ1) is 17.9. The molecule has 0 atom stereocenters. The molecule has 0 saturated carbocycles. The molecule has 0 spiro atoms. The highest BCUT2D eigenvalue weighted by atomic mass is 35.5. The van der Waals surface area contributed by atoms with Gasteiger partial charge < -0.3 is 19.4 Å². The molecule has 0 aliphatic carbocycles. The van der Waals surface area contributed by atoms with Crippen molar-refractivity contribution in [3.63, 3.8) is 0 Å². The predicted molar refractivity (Wildman–Crippen MR) is 108 cm³/mol. The van der Waals surface area contributed by atoms with E-state index in [4.69, 9.17) is 21.1 Å². The lowest BCUT2D eigenvalue weighted by Gasteiger charge is -2.20. The Kier molecular flexibility index (Phi) is 4.85. The molecule has 0 bridgehead atoms. The summed E-state index contributed by atoms with van der Waals surface area (Å²) in [7, 11) is 0. The van der Waals surface area contributed by atoms with Crippen LogP contribution in [0.1, 0.15) is 26.6 Å². The van der Waals surface area contributed by atoms with Crippen molar-refractivity contribution in [3.05, 3.63) is 62.6 Å². The Morgan fingerprint density at radius 2 is 1.96 bits per heavy atom. The van der Waals surface area contributed by atoms with E-state index in [1.165, 1.54) is 4.88 Å². The second-order valence-corrected chi connectivity index (χ2v) is 7.82. The summed E-state index contributed by atoms with van der Waals surface area (Å²) in [5, 5.41) is 5.37. The number of ether oxygens (including phenoxy) is 2. The predicted octanol–water partition coefficient (Wildman–Crippen LogP) is 4.89. The maximum atomic E-state index is 12.9. The third-order valence-electron chi connectivity index (χ3n) is 4.59. The molecule has 2 aromatic heterocycles. The first-order chi connectivity index (χ1) is 13.0. The minimum Gasteiger partial charge on any atom is -0.486 e. The monoisotopic (exact) mass is 402 g/mol. The lowest BCUT2D eigenvalue weighted by atomic mass is 10.2. The molecule has 3 heterocycles. The van der Waals surface area contributed by atoms with Gasteiger partial charge in [-0.05, 0) is 31.4 Å².